The van der Waals surface area contributed by atoms with Gasteiger partial charge in [0, 0.05) is 32.3 Å². The number of carbonyl (C=O) groups is 5. The molecule has 12 nitrogen and oxygen atoms in total. The molecule has 2 aromatic rings. The van der Waals surface area contributed by atoms with Crippen molar-refractivity contribution >= 4 is 35.4 Å². The molecule has 0 spiro atoms. The molecule has 1 aromatic carbocycles. The number of rotatable bonds is 9. The maximum Gasteiger partial charge on any atom is 0.319 e. The van der Waals surface area contributed by atoms with Crippen LogP contribution in [-0.2, 0) is 21.4 Å². The fraction of sp³-hybridized carbons (Fsp3) is 0.348. The van der Waals surface area contributed by atoms with Gasteiger partial charge in [-0.05, 0) is 37.1 Å². The van der Waals surface area contributed by atoms with Gasteiger partial charge in [-0.2, -0.15) is 0 Å². The van der Waals surface area contributed by atoms with Gasteiger partial charge in [0.05, 0.1) is 11.7 Å². The molecule has 5 amide bonds. The van der Waals surface area contributed by atoms with Gasteiger partial charge in [-0.1, -0.05) is 0 Å². The van der Waals surface area contributed by atoms with E-state index in [1.807, 2.05) is 0 Å². The Balaban J connectivity index is 1.76. The van der Waals surface area contributed by atoms with Crippen LogP contribution < -0.4 is 21.7 Å². The van der Waals surface area contributed by atoms with E-state index in [1.165, 1.54) is 4.90 Å². The smallest absolute Gasteiger partial charge is 0.319 e. The van der Waals surface area contributed by atoms with Crippen LogP contribution in [0.3, 0.4) is 0 Å². The summed E-state index contributed by atoms with van der Waals surface area (Å²) in [6.07, 6.45) is 0.899. The van der Waals surface area contributed by atoms with Crippen molar-refractivity contribution in [2.24, 2.45) is 12.8 Å². The third-order valence-corrected chi connectivity index (χ3v) is 5.85. The molecular formula is C23H26F2N6O6. The quantitative estimate of drug-likeness (QED) is 0.322. The van der Waals surface area contributed by atoms with E-state index in [0.29, 0.717) is 6.07 Å². The average molecular weight is 520 g/mol. The number of aryl methyl sites for hydroxylation is 1. The Morgan fingerprint density at radius 3 is 2.51 bits per heavy atom. The number of carboxylic acids is 1. The second-order valence-corrected chi connectivity index (χ2v) is 8.53. The van der Waals surface area contributed by atoms with Crippen LogP contribution in [0.25, 0.3) is 0 Å². The summed E-state index contributed by atoms with van der Waals surface area (Å²) in [7, 11) is 1.63. The molecule has 198 valence electrons. The summed E-state index contributed by atoms with van der Waals surface area (Å²) in [5.74, 6) is -5.22. The molecule has 1 aliphatic rings. The zero-order valence-electron chi connectivity index (χ0n) is 19.7. The third kappa shape index (κ3) is 6.80. The number of halogens is 2. The second-order valence-electron chi connectivity index (χ2n) is 8.53. The number of anilines is 1. The number of aromatic nitrogens is 1. The predicted molar refractivity (Wildman–Crippen MR) is 125 cm³/mol. The molecule has 1 fully saturated rings. The number of urea groups is 1. The maximum absolute atomic E-state index is 13.9. The summed E-state index contributed by atoms with van der Waals surface area (Å²) in [5.41, 5.74) is 5.29. The molecule has 6 N–H and O–H groups in total. The minimum atomic E-state index is -1.28. The molecule has 3 rings (SSSR count). The fourth-order valence-corrected chi connectivity index (χ4v) is 4.00. The Labute approximate surface area is 209 Å². The summed E-state index contributed by atoms with van der Waals surface area (Å²) < 4.78 is 28.6. The lowest BCUT2D eigenvalue weighted by Crippen LogP contribution is -2.52. The number of benzene rings is 1. The lowest BCUT2D eigenvalue weighted by Gasteiger charge is -2.25. The zero-order valence-corrected chi connectivity index (χ0v) is 19.7. The molecule has 3 unspecified atom stereocenters. The maximum atomic E-state index is 13.9. The molecule has 1 aromatic heterocycles. The molecule has 1 saturated heterocycles. The van der Waals surface area contributed by atoms with Crippen molar-refractivity contribution < 1.29 is 37.9 Å². The number of aliphatic carboxylic acids is 1. The first-order valence-corrected chi connectivity index (χ1v) is 11.2. The topological polar surface area (TPSA) is 176 Å². The highest BCUT2D eigenvalue weighted by Crippen LogP contribution is 2.22. The van der Waals surface area contributed by atoms with Gasteiger partial charge in [0.25, 0.3) is 5.91 Å². The van der Waals surface area contributed by atoms with Gasteiger partial charge in [0.2, 0.25) is 11.8 Å². The van der Waals surface area contributed by atoms with Crippen LogP contribution in [-0.4, -0.2) is 69.0 Å². The van der Waals surface area contributed by atoms with Gasteiger partial charge in [0.1, 0.15) is 29.4 Å². The van der Waals surface area contributed by atoms with E-state index in [-0.39, 0.29) is 30.8 Å². The molecule has 2 heterocycles. The van der Waals surface area contributed by atoms with Crippen molar-refractivity contribution in [3.8, 4) is 0 Å². The molecule has 14 heteroatoms. The Kier molecular flexibility index (Phi) is 8.42. The van der Waals surface area contributed by atoms with Gasteiger partial charge in [-0.25, -0.2) is 13.6 Å². The Morgan fingerprint density at radius 2 is 1.92 bits per heavy atom. The summed E-state index contributed by atoms with van der Waals surface area (Å²) in [6.45, 7) is -0.0994. The van der Waals surface area contributed by atoms with E-state index in [4.69, 9.17) is 10.8 Å². The van der Waals surface area contributed by atoms with Crippen LogP contribution in [0, 0.1) is 11.6 Å². The third-order valence-electron chi connectivity index (χ3n) is 5.85. The number of primary amides is 1. The first-order chi connectivity index (χ1) is 17.5. The van der Waals surface area contributed by atoms with Gasteiger partial charge < -0.3 is 36.3 Å². The first kappa shape index (κ1) is 27.1. The summed E-state index contributed by atoms with van der Waals surface area (Å²) in [6, 6.07) is 1.76. The number of hydrogen-bond acceptors (Lipinski definition) is 5. The van der Waals surface area contributed by atoms with Crippen molar-refractivity contribution in [3.63, 3.8) is 0 Å². The summed E-state index contributed by atoms with van der Waals surface area (Å²) in [5, 5.41) is 16.1. The summed E-state index contributed by atoms with van der Waals surface area (Å²) >= 11 is 0. The largest absolute Gasteiger partial charge is 0.481 e. The van der Waals surface area contributed by atoms with E-state index in [0.717, 1.165) is 12.1 Å². The van der Waals surface area contributed by atoms with Crippen LogP contribution >= 0.6 is 0 Å². The number of nitrogens with zero attached hydrogens (tertiary/aromatic N) is 2. The molecule has 0 saturated carbocycles. The minimum Gasteiger partial charge on any atom is -0.481 e. The van der Waals surface area contributed by atoms with E-state index >= 15 is 0 Å². The van der Waals surface area contributed by atoms with Crippen molar-refractivity contribution in [2.75, 3.05) is 11.9 Å². The second kappa shape index (κ2) is 11.5. The predicted octanol–water partition coefficient (Wildman–Crippen LogP) is 0.543. The first-order valence-electron chi connectivity index (χ1n) is 11.2. The lowest BCUT2D eigenvalue weighted by molar-refractivity contribution is -0.138. The highest BCUT2D eigenvalue weighted by molar-refractivity contribution is 5.98. The van der Waals surface area contributed by atoms with Crippen molar-refractivity contribution in [1.82, 2.24) is 20.1 Å². The highest BCUT2D eigenvalue weighted by atomic mass is 19.1. The van der Waals surface area contributed by atoms with Gasteiger partial charge in [0.15, 0.2) is 0 Å². The van der Waals surface area contributed by atoms with Crippen molar-refractivity contribution in [3.05, 3.63) is 53.9 Å². The normalized spacial score (nSPS) is 17.6. The minimum absolute atomic E-state index is 0.0638. The van der Waals surface area contributed by atoms with Crippen LogP contribution in [0.4, 0.5) is 19.3 Å². The Hall–Kier alpha value is -4.49. The molecule has 37 heavy (non-hydrogen) atoms. The van der Waals surface area contributed by atoms with E-state index in [9.17, 15) is 32.8 Å². The molecular weight excluding hydrogens is 494 g/mol. The summed E-state index contributed by atoms with van der Waals surface area (Å²) in [4.78, 5) is 62.6. The van der Waals surface area contributed by atoms with Crippen LogP contribution in [0.2, 0.25) is 0 Å². The number of hydrogen-bond donors (Lipinski definition) is 5. The van der Waals surface area contributed by atoms with Crippen LogP contribution in [0.1, 0.15) is 29.8 Å². The number of amides is 5. The van der Waals surface area contributed by atoms with E-state index < -0.39 is 65.9 Å². The van der Waals surface area contributed by atoms with E-state index in [2.05, 4.69) is 16.0 Å². The number of likely N-dealkylation sites (tertiary alicyclic amines) is 1. The zero-order chi connectivity index (χ0) is 27.3. The van der Waals surface area contributed by atoms with Gasteiger partial charge >= 0.3 is 12.0 Å². The molecule has 3 atom stereocenters. The molecule has 0 radical (unpaired) electrons. The van der Waals surface area contributed by atoms with Crippen molar-refractivity contribution in [2.45, 2.75) is 37.4 Å². The van der Waals surface area contributed by atoms with Crippen LogP contribution in [0.15, 0.2) is 36.5 Å². The van der Waals surface area contributed by atoms with Gasteiger partial charge in [-0.3, -0.25) is 19.2 Å². The SMILES string of the molecule is Cn1cccc1C(=O)N1CC(NC(=O)Nc2ccc(F)cc2F)CC1C(=O)NC(CCC(=O)O)C(N)=O. The standard InChI is InChI=1S/C23H26F2N6O6/c1-30-8-2-3-17(30)22(36)31-11-13(27-23(37)29-15-5-4-12(24)9-14(15)25)10-18(31)21(35)28-16(20(26)34)6-7-19(32)33/h2-5,8-9,13,16,18H,6-7,10-11H2,1H3,(H2,26,34)(H,28,35)(H,32,33)(H2,27,29,37). The highest BCUT2D eigenvalue weighted by Gasteiger charge is 2.42. The fourth-order valence-electron chi connectivity index (χ4n) is 4.00. The monoisotopic (exact) mass is 520 g/mol. The number of carbonyl (C=O) groups excluding carboxylic acids is 4. The van der Waals surface area contributed by atoms with Crippen LogP contribution in [0.5, 0.6) is 0 Å². The molecule has 0 aliphatic carbocycles. The number of nitrogens with two attached hydrogens (primary N) is 1. The van der Waals surface area contributed by atoms with Crippen molar-refractivity contribution in [1.29, 1.82) is 0 Å². The average Bonchev–Trinajstić information content (AvgIpc) is 3.43. The Morgan fingerprint density at radius 1 is 1.19 bits per heavy atom. The Bertz CT molecular complexity index is 1220. The van der Waals surface area contributed by atoms with E-state index in [1.54, 1.807) is 29.9 Å². The molecule has 1 aliphatic heterocycles. The number of nitrogens with one attached hydrogen (secondary N) is 3. The lowest BCUT2D eigenvalue weighted by atomic mass is 10.1. The van der Waals surface area contributed by atoms with Gasteiger partial charge in [-0.15, -0.1) is 0 Å². The molecule has 0 bridgehead atoms. The number of carboxylic acid groups (broad SMARTS) is 1.